The first-order valence-corrected chi connectivity index (χ1v) is 18.3. The van der Waals surface area contributed by atoms with Crippen LogP contribution in [0.15, 0.2) is 121 Å². The third kappa shape index (κ3) is 12.0. The predicted molar refractivity (Wildman–Crippen MR) is 202 cm³/mol. The summed E-state index contributed by atoms with van der Waals surface area (Å²) in [5.41, 5.74) is 4.46. The Balaban J connectivity index is 1.60. The second-order valence-corrected chi connectivity index (χ2v) is 13.0. The Morgan fingerprint density at radius 1 is 0.481 bits per heavy atom. The summed E-state index contributed by atoms with van der Waals surface area (Å²) in [4.78, 5) is 19.4. The third-order valence-corrected chi connectivity index (χ3v) is 9.46. The predicted octanol–water partition coefficient (Wildman–Crippen LogP) is 7.14. The summed E-state index contributed by atoms with van der Waals surface area (Å²) < 4.78 is 35.9. The van der Waals surface area contributed by atoms with E-state index >= 15 is 4.79 Å². The molecular weight excluding hydrogens is 656 g/mol. The molecule has 1 saturated heterocycles. The number of carbonyl (C=O) groups is 1. The van der Waals surface area contributed by atoms with E-state index in [0.717, 1.165) is 24.0 Å². The van der Waals surface area contributed by atoms with Gasteiger partial charge in [0.1, 0.15) is 25.8 Å². The van der Waals surface area contributed by atoms with Crippen molar-refractivity contribution in [2.24, 2.45) is 0 Å². The highest BCUT2D eigenvalue weighted by molar-refractivity contribution is 5.76. The fourth-order valence-electron chi connectivity index (χ4n) is 6.80. The lowest BCUT2D eigenvalue weighted by Gasteiger charge is -2.38. The van der Waals surface area contributed by atoms with Gasteiger partial charge in [0.15, 0.2) is 0 Å². The number of carbonyl (C=O) groups excluding carboxylic acids is 1. The Hall–Kier alpha value is -4.09. The number of urea groups is 1. The van der Waals surface area contributed by atoms with Crippen LogP contribution in [0.2, 0.25) is 0 Å². The normalized spacial score (nSPS) is 19.2. The molecule has 2 amide bonds. The van der Waals surface area contributed by atoms with Gasteiger partial charge in [-0.3, -0.25) is 0 Å². The molecule has 1 aliphatic heterocycles. The van der Waals surface area contributed by atoms with Crippen LogP contribution in [0.25, 0.3) is 0 Å². The van der Waals surface area contributed by atoms with Crippen molar-refractivity contribution in [3.8, 4) is 0 Å². The van der Waals surface area contributed by atoms with Gasteiger partial charge < -0.3 is 38.2 Å². The van der Waals surface area contributed by atoms with Crippen molar-refractivity contribution in [3.05, 3.63) is 144 Å². The highest BCUT2D eigenvalue weighted by atomic mass is 16.7. The number of hydrogen-bond acceptors (Lipinski definition) is 7. The molecular formula is C43H54N2O7. The Bertz CT molecular complexity index is 1420. The van der Waals surface area contributed by atoms with Gasteiger partial charge in [-0.25, -0.2) is 4.79 Å². The van der Waals surface area contributed by atoms with Gasteiger partial charge in [0, 0.05) is 27.3 Å². The average Bonchev–Trinajstić information content (AvgIpc) is 3.26. The molecule has 4 aromatic rings. The van der Waals surface area contributed by atoms with Crippen LogP contribution in [0, 0.1) is 0 Å². The zero-order valence-corrected chi connectivity index (χ0v) is 30.6. The van der Waals surface area contributed by atoms with E-state index in [1.165, 1.54) is 11.1 Å². The van der Waals surface area contributed by atoms with E-state index in [9.17, 15) is 0 Å². The molecule has 1 aliphatic rings. The largest absolute Gasteiger partial charge is 0.382 e. The van der Waals surface area contributed by atoms with Gasteiger partial charge >= 0.3 is 6.03 Å². The number of ether oxygens (including phenoxy) is 6. The zero-order chi connectivity index (χ0) is 36.2. The molecule has 1 fully saturated rings. The summed E-state index contributed by atoms with van der Waals surface area (Å²) in [7, 11) is 3.29. The first-order valence-electron chi connectivity index (χ1n) is 18.3. The van der Waals surface area contributed by atoms with Crippen molar-refractivity contribution < 1.29 is 33.2 Å². The fraction of sp³-hybridized carbons (Fsp3) is 0.419. The molecule has 0 N–H and O–H groups in total. The molecule has 0 spiro atoms. The van der Waals surface area contributed by atoms with Crippen LogP contribution in [0.1, 0.15) is 35.1 Å². The minimum atomic E-state index is -0.550. The monoisotopic (exact) mass is 710 g/mol. The second-order valence-electron chi connectivity index (χ2n) is 13.0. The van der Waals surface area contributed by atoms with Gasteiger partial charge in [-0.2, -0.15) is 0 Å². The van der Waals surface area contributed by atoms with Crippen molar-refractivity contribution in [1.29, 1.82) is 0 Å². The summed E-state index contributed by atoms with van der Waals surface area (Å²) >= 11 is 0. The van der Waals surface area contributed by atoms with Crippen LogP contribution in [0.4, 0.5) is 4.79 Å². The van der Waals surface area contributed by atoms with E-state index in [1.807, 2.05) is 58.3 Å². The van der Waals surface area contributed by atoms with Gasteiger partial charge in [0.05, 0.1) is 38.5 Å². The Kier molecular flexibility index (Phi) is 16.6. The van der Waals surface area contributed by atoms with Gasteiger partial charge in [-0.1, -0.05) is 121 Å². The molecule has 9 nitrogen and oxygen atoms in total. The summed E-state index contributed by atoms with van der Waals surface area (Å²) in [5.74, 6) is 0. The van der Waals surface area contributed by atoms with E-state index in [-0.39, 0.29) is 31.7 Å². The number of benzene rings is 4. The summed E-state index contributed by atoms with van der Waals surface area (Å²) in [6.45, 7) is 2.54. The number of aryl methyl sites for hydroxylation is 2. The van der Waals surface area contributed by atoms with E-state index in [0.29, 0.717) is 52.4 Å². The number of nitrogens with zero attached hydrogens (tertiary/aromatic N) is 2. The van der Waals surface area contributed by atoms with Crippen molar-refractivity contribution in [3.63, 3.8) is 0 Å². The molecule has 278 valence electrons. The van der Waals surface area contributed by atoms with Crippen molar-refractivity contribution in [2.45, 2.75) is 63.1 Å². The number of hydrogen-bond donors (Lipinski definition) is 0. The van der Waals surface area contributed by atoms with Gasteiger partial charge in [0.2, 0.25) is 0 Å². The molecule has 4 atom stereocenters. The van der Waals surface area contributed by atoms with E-state index in [1.54, 1.807) is 14.2 Å². The quantitative estimate of drug-likeness (QED) is 0.0634. The molecule has 0 saturated carbocycles. The highest BCUT2D eigenvalue weighted by Crippen LogP contribution is 2.34. The van der Waals surface area contributed by atoms with Gasteiger partial charge in [-0.15, -0.1) is 0 Å². The fourth-order valence-corrected chi connectivity index (χ4v) is 6.80. The first-order chi connectivity index (χ1) is 25.7. The third-order valence-electron chi connectivity index (χ3n) is 9.46. The van der Waals surface area contributed by atoms with Gasteiger partial charge in [0.25, 0.3) is 0 Å². The highest BCUT2D eigenvalue weighted by Gasteiger charge is 2.48. The lowest BCUT2D eigenvalue weighted by atomic mass is 9.90. The molecule has 0 unspecified atom stereocenters. The van der Waals surface area contributed by atoms with E-state index in [4.69, 9.17) is 28.4 Å². The molecule has 0 aliphatic carbocycles. The lowest BCUT2D eigenvalue weighted by molar-refractivity contribution is -0.193. The SMILES string of the molecule is COCCOCO[C@@H]1[C@@H](OCOCCOC)[C@@H](CCc2ccccc2)N(Cc2ccccc2)C(=O)N(Cc2ccccc2)[C@@H]1CCc1ccccc1. The van der Waals surface area contributed by atoms with Crippen LogP contribution in [-0.2, 0) is 54.4 Å². The minimum Gasteiger partial charge on any atom is -0.382 e. The van der Waals surface area contributed by atoms with Crippen LogP contribution in [0.3, 0.4) is 0 Å². The second kappa shape index (κ2) is 22.1. The van der Waals surface area contributed by atoms with E-state index in [2.05, 4.69) is 72.8 Å². The smallest absolute Gasteiger partial charge is 0.321 e. The Labute approximate surface area is 309 Å². The molecule has 5 rings (SSSR count). The van der Waals surface area contributed by atoms with Crippen LogP contribution < -0.4 is 0 Å². The molecule has 0 radical (unpaired) electrons. The van der Waals surface area contributed by atoms with Crippen molar-refractivity contribution >= 4 is 6.03 Å². The first kappa shape index (κ1) is 39.1. The Morgan fingerprint density at radius 3 is 1.17 bits per heavy atom. The van der Waals surface area contributed by atoms with Crippen LogP contribution >= 0.6 is 0 Å². The molecule has 52 heavy (non-hydrogen) atoms. The van der Waals surface area contributed by atoms with Gasteiger partial charge in [-0.05, 0) is 47.9 Å². The number of amides is 2. The van der Waals surface area contributed by atoms with Crippen molar-refractivity contribution in [1.82, 2.24) is 9.80 Å². The zero-order valence-electron chi connectivity index (χ0n) is 30.6. The summed E-state index contributed by atoms with van der Waals surface area (Å²) in [5, 5.41) is 0. The summed E-state index contributed by atoms with van der Waals surface area (Å²) in [6, 6.07) is 40.4. The maximum atomic E-state index is 15.4. The number of methoxy groups -OCH3 is 2. The Morgan fingerprint density at radius 2 is 0.827 bits per heavy atom. The maximum absolute atomic E-state index is 15.4. The maximum Gasteiger partial charge on any atom is 0.321 e. The summed E-state index contributed by atoms with van der Waals surface area (Å²) in [6.07, 6.45) is 1.70. The average molecular weight is 711 g/mol. The topological polar surface area (TPSA) is 78.9 Å². The van der Waals surface area contributed by atoms with Crippen LogP contribution in [0.5, 0.6) is 0 Å². The minimum absolute atomic E-state index is 0.0255. The van der Waals surface area contributed by atoms with Crippen molar-refractivity contribution in [2.75, 3.05) is 54.2 Å². The standard InChI is InChI=1S/C43H54N2O7/c1-47-27-29-49-33-51-41-39(25-23-35-15-7-3-8-16-35)44(31-37-19-11-5-12-20-37)43(46)45(32-38-21-13-6-14-22-38)40(26-24-36-17-9-4-10-18-36)42(41)52-34-50-30-28-48-2/h3-22,39-42H,23-34H2,1-2H3/t39-,40-,41+,42+/m1/s1. The van der Waals surface area contributed by atoms with Crippen LogP contribution in [-0.4, -0.2) is 94.4 Å². The lowest BCUT2D eigenvalue weighted by Crippen LogP contribution is -2.52. The number of rotatable bonds is 22. The molecule has 0 bridgehead atoms. The van der Waals surface area contributed by atoms with E-state index < -0.39 is 12.2 Å². The molecule has 4 aromatic carbocycles. The molecule has 9 heteroatoms. The molecule has 1 heterocycles. The molecule has 0 aromatic heterocycles.